The van der Waals surface area contributed by atoms with E-state index >= 15 is 0 Å². The van der Waals surface area contributed by atoms with Gasteiger partial charge in [-0.3, -0.25) is 4.79 Å². The summed E-state index contributed by atoms with van der Waals surface area (Å²) < 4.78 is 57.9. The van der Waals surface area contributed by atoms with Crippen molar-refractivity contribution in [3.8, 4) is 40.0 Å². The number of nitrogens with one attached hydrogen (secondary N) is 1. The van der Waals surface area contributed by atoms with Gasteiger partial charge in [0.25, 0.3) is 5.89 Å². The molecule has 2 aromatic carbocycles. The summed E-state index contributed by atoms with van der Waals surface area (Å²) in [6.45, 7) is 3.30. The van der Waals surface area contributed by atoms with Crippen LogP contribution in [0.1, 0.15) is 31.1 Å². The van der Waals surface area contributed by atoms with Gasteiger partial charge in [0.15, 0.2) is 0 Å². The molecule has 2 aromatic heterocycles. The van der Waals surface area contributed by atoms with Crippen molar-refractivity contribution < 1.29 is 42.0 Å². The van der Waals surface area contributed by atoms with E-state index in [1.54, 1.807) is 44.2 Å². The van der Waals surface area contributed by atoms with Gasteiger partial charge in [-0.05, 0) is 19.9 Å². The number of aromatic nitrogens is 3. The first-order valence-electron chi connectivity index (χ1n) is 11.8. The maximum absolute atomic E-state index is 14.0. The number of ether oxygens (including phenoxy) is 1. The molecule has 2 atom stereocenters. The zero-order valence-electron chi connectivity index (χ0n) is 20.7. The highest BCUT2D eigenvalue weighted by atomic mass is 19.4. The van der Waals surface area contributed by atoms with Gasteiger partial charge in [0, 0.05) is 23.2 Å². The molecule has 5 rings (SSSR count). The number of carboxylic acids is 1. The lowest BCUT2D eigenvalue weighted by Gasteiger charge is -2.33. The Morgan fingerprint density at radius 1 is 1.08 bits per heavy atom. The van der Waals surface area contributed by atoms with E-state index in [0.29, 0.717) is 16.9 Å². The van der Waals surface area contributed by atoms with E-state index < -0.39 is 52.6 Å². The summed E-state index contributed by atoms with van der Waals surface area (Å²) >= 11 is 0. The van der Waals surface area contributed by atoms with Gasteiger partial charge in [-0.1, -0.05) is 52.8 Å². The van der Waals surface area contributed by atoms with Crippen LogP contribution in [0.15, 0.2) is 57.6 Å². The molecule has 39 heavy (non-hydrogen) atoms. The van der Waals surface area contributed by atoms with Crippen LogP contribution in [0.25, 0.3) is 34.3 Å². The standard InChI is InChI=1S/C26H23F3N4O6/c1-25(2,24(35)36)12-30-16-11-37-17-10-14(8-9-15(17)20(16)34)22-31-23(39-33-22)21-18(26(27,28)29)19(32-38-21)13-6-4-3-5-7-13/h3-10,16,20,30,34H,11-12H2,1-2H3,(H,35,36)/t16-,20-/m1/s1. The number of aliphatic carboxylic acids is 1. The highest BCUT2D eigenvalue weighted by Gasteiger charge is 2.43. The lowest BCUT2D eigenvalue weighted by Crippen LogP contribution is -2.47. The third-order valence-corrected chi connectivity index (χ3v) is 6.42. The van der Waals surface area contributed by atoms with Gasteiger partial charge in [-0.25, -0.2) is 0 Å². The smallest absolute Gasteiger partial charge is 0.422 e. The van der Waals surface area contributed by atoms with Crippen LogP contribution in [-0.2, 0) is 11.0 Å². The molecular weight excluding hydrogens is 521 g/mol. The van der Waals surface area contributed by atoms with Crippen molar-refractivity contribution in [3.05, 3.63) is 59.7 Å². The molecule has 0 saturated carbocycles. The second-order valence-electron chi connectivity index (χ2n) is 9.71. The molecule has 10 nitrogen and oxygen atoms in total. The number of benzene rings is 2. The Labute approximate surface area is 219 Å². The fourth-order valence-electron chi connectivity index (χ4n) is 4.09. The fraction of sp³-hybridized carbons (Fsp3) is 0.308. The van der Waals surface area contributed by atoms with Gasteiger partial charge in [-0.15, -0.1) is 0 Å². The Hall–Kier alpha value is -4.23. The van der Waals surface area contributed by atoms with Gasteiger partial charge < -0.3 is 29.3 Å². The summed E-state index contributed by atoms with van der Waals surface area (Å²) in [7, 11) is 0. The Balaban J connectivity index is 1.40. The third-order valence-electron chi connectivity index (χ3n) is 6.42. The van der Waals surface area contributed by atoms with E-state index in [4.69, 9.17) is 13.8 Å². The van der Waals surface area contributed by atoms with Gasteiger partial charge >= 0.3 is 12.1 Å². The zero-order valence-corrected chi connectivity index (χ0v) is 20.7. The lowest BCUT2D eigenvalue weighted by atomic mass is 9.92. The Morgan fingerprint density at radius 2 is 1.82 bits per heavy atom. The predicted octanol–water partition coefficient (Wildman–Crippen LogP) is 4.57. The van der Waals surface area contributed by atoms with Crippen molar-refractivity contribution in [2.75, 3.05) is 13.2 Å². The number of aliphatic hydroxyl groups is 1. The van der Waals surface area contributed by atoms with Crippen LogP contribution in [0.4, 0.5) is 13.2 Å². The predicted molar refractivity (Wildman–Crippen MR) is 129 cm³/mol. The maximum atomic E-state index is 14.0. The molecule has 0 unspecified atom stereocenters. The monoisotopic (exact) mass is 544 g/mol. The van der Waals surface area contributed by atoms with E-state index in [9.17, 15) is 28.2 Å². The normalized spacial score (nSPS) is 17.5. The highest BCUT2D eigenvalue weighted by Crippen LogP contribution is 2.43. The van der Waals surface area contributed by atoms with Crippen LogP contribution in [0.3, 0.4) is 0 Å². The molecule has 3 heterocycles. The van der Waals surface area contributed by atoms with Gasteiger partial charge in [0.2, 0.25) is 11.6 Å². The number of carboxylic acid groups (broad SMARTS) is 1. The number of carbonyl (C=O) groups is 1. The van der Waals surface area contributed by atoms with E-state index in [1.807, 2.05) is 0 Å². The van der Waals surface area contributed by atoms with Crippen LogP contribution >= 0.6 is 0 Å². The molecule has 0 fully saturated rings. The van der Waals surface area contributed by atoms with Crippen LogP contribution < -0.4 is 10.1 Å². The highest BCUT2D eigenvalue weighted by molar-refractivity contribution is 5.74. The minimum Gasteiger partial charge on any atom is -0.491 e. The fourth-order valence-corrected chi connectivity index (χ4v) is 4.09. The molecular formula is C26H23F3N4O6. The Kier molecular flexibility index (Phi) is 6.64. The number of fused-ring (bicyclic) bond motifs is 1. The first-order valence-corrected chi connectivity index (χ1v) is 11.8. The summed E-state index contributed by atoms with van der Waals surface area (Å²) in [6.07, 6.45) is -5.80. The summed E-state index contributed by atoms with van der Waals surface area (Å²) in [4.78, 5) is 15.4. The number of alkyl halides is 3. The molecule has 0 radical (unpaired) electrons. The van der Waals surface area contributed by atoms with E-state index in [2.05, 4.69) is 20.6 Å². The van der Waals surface area contributed by atoms with Crippen molar-refractivity contribution in [1.29, 1.82) is 0 Å². The molecule has 0 spiro atoms. The molecule has 0 bridgehead atoms. The van der Waals surface area contributed by atoms with Crippen LogP contribution in [0.2, 0.25) is 0 Å². The van der Waals surface area contributed by atoms with Gasteiger partial charge in [0.1, 0.15) is 29.7 Å². The summed E-state index contributed by atoms with van der Waals surface area (Å²) in [6, 6.07) is 11.9. The quantitative estimate of drug-likeness (QED) is 0.303. The Bertz CT molecular complexity index is 1500. The SMILES string of the molecule is CC(C)(CN[C@@H]1COc2cc(-c3noc(-c4onc(-c5ccccc5)c4C(F)(F)F)n3)ccc2[C@H]1O)C(=O)O. The zero-order chi connectivity index (χ0) is 27.9. The second-order valence-corrected chi connectivity index (χ2v) is 9.71. The average molecular weight is 544 g/mol. The van der Waals surface area contributed by atoms with Gasteiger partial charge in [0.05, 0.1) is 11.5 Å². The van der Waals surface area contributed by atoms with E-state index in [-0.39, 0.29) is 24.5 Å². The number of nitrogens with zero attached hydrogens (tertiary/aromatic N) is 3. The van der Waals surface area contributed by atoms with Crippen molar-refractivity contribution >= 4 is 5.97 Å². The first-order chi connectivity index (χ1) is 18.5. The molecule has 4 aromatic rings. The molecule has 0 aliphatic carbocycles. The van der Waals surface area contributed by atoms with Crippen molar-refractivity contribution in [2.24, 2.45) is 5.41 Å². The molecule has 0 amide bonds. The number of hydrogen-bond acceptors (Lipinski definition) is 9. The number of rotatable bonds is 7. The molecule has 1 aliphatic heterocycles. The minimum atomic E-state index is -4.81. The van der Waals surface area contributed by atoms with E-state index in [0.717, 1.165) is 0 Å². The first kappa shape index (κ1) is 26.4. The topological polar surface area (TPSA) is 144 Å². The minimum absolute atomic E-state index is 0.0277. The summed E-state index contributed by atoms with van der Waals surface area (Å²) in [5.74, 6) is -1.89. The van der Waals surface area contributed by atoms with E-state index in [1.165, 1.54) is 18.2 Å². The summed E-state index contributed by atoms with van der Waals surface area (Å²) in [5, 5.41) is 30.5. The van der Waals surface area contributed by atoms with Gasteiger partial charge in [-0.2, -0.15) is 18.2 Å². The van der Waals surface area contributed by atoms with Crippen LogP contribution in [0.5, 0.6) is 5.75 Å². The Morgan fingerprint density at radius 3 is 2.51 bits per heavy atom. The maximum Gasteiger partial charge on any atom is 0.422 e. The summed E-state index contributed by atoms with van der Waals surface area (Å²) in [5.41, 5.74) is -1.55. The molecule has 3 N–H and O–H groups in total. The van der Waals surface area contributed by atoms with Crippen LogP contribution in [-0.4, -0.2) is 50.7 Å². The van der Waals surface area contributed by atoms with Crippen molar-refractivity contribution in [3.63, 3.8) is 0 Å². The molecule has 204 valence electrons. The van der Waals surface area contributed by atoms with Crippen molar-refractivity contribution in [2.45, 2.75) is 32.2 Å². The molecule has 0 saturated heterocycles. The average Bonchev–Trinajstić information content (AvgIpc) is 3.56. The lowest BCUT2D eigenvalue weighted by molar-refractivity contribution is -0.146. The van der Waals surface area contributed by atoms with Crippen LogP contribution in [0, 0.1) is 5.41 Å². The number of halogens is 3. The van der Waals surface area contributed by atoms with Crippen molar-refractivity contribution in [1.82, 2.24) is 20.6 Å². The molecule has 1 aliphatic rings. The third kappa shape index (κ3) is 5.10. The largest absolute Gasteiger partial charge is 0.491 e. The molecule has 13 heteroatoms. The second kappa shape index (κ2) is 9.82. The number of aliphatic hydroxyl groups excluding tert-OH is 1. The number of hydrogen-bond donors (Lipinski definition) is 3.